The Labute approximate surface area is 160 Å². The first-order valence-corrected chi connectivity index (χ1v) is 9.73. The quantitative estimate of drug-likeness (QED) is 0.781. The summed E-state index contributed by atoms with van der Waals surface area (Å²) in [5.74, 6) is -0.127. The maximum Gasteiger partial charge on any atom is 0.237 e. The van der Waals surface area contributed by atoms with E-state index in [-0.39, 0.29) is 17.8 Å². The van der Waals surface area contributed by atoms with Gasteiger partial charge in [-0.05, 0) is 50.4 Å². The van der Waals surface area contributed by atoms with Crippen LogP contribution in [0.2, 0.25) is 0 Å². The minimum Gasteiger partial charge on any atom is -0.339 e. The first kappa shape index (κ1) is 19.5. The normalized spacial score (nSPS) is 18.7. The molecule has 3 rings (SSSR count). The number of likely N-dealkylation sites (tertiary alicyclic amines) is 1. The van der Waals surface area contributed by atoms with E-state index in [0.717, 1.165) is 36.9 Å². The predicted molar refractivity (Wildman–Crippen MR) is 104 cm³/mol. The van der Waals surface area contributed by atoms with Crippen molar-refractivity contribution in [3.63, 3.8) is 0 Å². The molecule has 1 fully saturated rings. The Hall–Kier alpha value is -2.21. The molecule has 1 saturated heterocycles. The lowest BCUT2D eigenvalue weighted by atomic mass is 9.98. The number of likely N-dealkylation sites (N-methyl/N-ethyl adjacent to an activating group) is 1. The Morgan fingerprint density at radius 1 is 1.37 bits per heavy atom. The molecule has 1 aromatic carbocycles. The number of benzene rings is 1. The van der Waals surface area contributed by atoms with Gasteiger partial charge in [-0.25, -0.2) is 4.39 Å². The average molecular weight is 372 g/mol. The van der Waals surface area contributed by atoms with Gasteiger partial charge < -0.3 is 4.90 Å². The minimum absolute atomic E-state index is 0.148. The third-order valence-electron chi connectivity index (χ3n) is 5.45. The van der Waals surface area contributed by atoms with E-state index >= 15 is 0 Å². The van der Waals surface area contributed by atoms with Gasteiger partial charge >= 0.3 is 0 Å². The SMILES string of the molecule is CCC1CCCCN1C(=O)CN(C)C(c1cccc(F)c1)c1cnn(C)c1. The molecular weight excluding hydrogens is 343 g/mol. The minimum atomic E-state index is -0.275. The third-order valence-corrected chi connectivity index (χ3v) is 5.45. The van der Waals surface area contributed by atoms with Crippen LogP contribution >= 0.6 is 0 Å². The monoisotopic (exact) mass is 372 g/mol. The Balaban J connectivity index is 1.82. The molecule has 0 N–H and O–H groups in total. The highest BCUT2D eigenvalue weighted by Crippen LogP contribution is 2.28. The summed E-state index contributed by atoms with van der Waals surface area (Å²) >= 11 is 0. The maximum absolute atomic E-state index is 13.8. The summed E-state index contributed by atoms with van der Waals surface area (Å²) in [6.45, 7) is 3.28. The van der Waals surface area contributed by atoms with Gasteiger partial charge in [-0.15, -0.1) is 0 Å². The van der Waals surface area contributed by atoms with Gasteiger partial charge in [0.2, 0.25) is 5.91 Å². The summed E-state index contributed by atoms with van der Waals surface area (Å²) in [5.41, 5.74) is 1.77. The largest absolute Gasteiger partial charge is 0.339 e. The first-order valence-electron chi connectivity index (χ1n) is 9.73. The zero-order valence-electron chi connectivity index (χ0n) is 16.4. The van der Waals surface area contributed by atoms with Crippen molar-refractivity contribution < 1.29 is 9.18 Å². The number of halogens is 1. The van der Waals surface area contributed by atoms with Crippen LogP contribution in [-0.4, -0.2) is 51.7 Å². The Kier molecular flexibility index (Phi) is 6.26. The number of amides is 1. The number of hydrogen-bond donors (Lipinski definition) is 0. The van der Waals surface area contributed by atoms with Gasteiger partial charge in [-0.1, -0.05) is 19.1 Å². The molecular formula is C21H29FN4O. The molecule has 5 nitrogen and oxygen atoms in total. The second kappa shape index (κ2) is 8.65. The predicted octanol–water partition coefficient (Wildman–Crippen LogP) is 3.37. The molecule has 2 heterocycles. The molecule has 27 heavy (non-hydrogen) atoms. The zero-order chi connectivity index (χ0) is 19.4. The highest BCUT2D eigenvalue weighted by Gasteiger charge is 2.29. The van der Waals surface area contributed by atoms with Gasteiger partial charge in [0.05, 0.1) is 18.8 Å². The fraction of sp³-hybridized carbons (Fsp3) is 0.524. The maximum atomic E-state index is 13.8. The number of piperidine rings is 1. The molecule has 0 bridgehead atoms. The number of rotatable bonds is 6. The van der Waals surface area contributed by atoms with Crippen molar-refractivity contribution in [2.24, 2.45) is 7.05 Å². The molecule has 1 amide bonds. The van der Waals surface area contributed by atoms with E-state index < -0.39 is 0 Å². The zero-order valence-corrected chi connectivity index (χ0v) is 16.4. The lowest BCUT2D eigenvalue weighted by molar-refractivity contribution is -0.136. The van der Waals surface area contributed by atoms with E-state index in [2.05, 4.69) is 12.0 Å². The standard InChI is InChI=1S/C21H29FN4O/c1-4-19-10-5-6-11-26(19)20(27)15-24(2)21(17-13-23-25(3)14-17)16-8-7-9-18(22)12-16/h7-9,12-14,19,21H,4-6,10-11,15H2,1-3H3. The van der Waals surface area contributed by atoms with E-state index in [1.807, 2.05) is 36.2 Å². The van der Waals surface area contributed by atoms with E-state index in [1.54, 1.807) is 16.9 Å². The van der Waals surface area contributed by atoms with Gasteiger partial charge in [0.15, 0.2) is 0 Å². The molecule has 0 spiro atoms. The van der Waals surface area contributed by atoms with Crippen LogP contribution in [0.3, 0.4) is 0 Å². The van der Waals surface area contributed by atoms with Crippen LogP contribution < -0.4 is 0 Å². The van der Waals surface area contributed by atoms with Crippen molar-refractivity contribution in [1.82, 2.24) is 19.6 Å². The van der Waals surface area contributed by atoms with E-state index in [0.29, 0.717) is 12.6 Å². The van der Waals surface area contributed by atoms with E-state index in [9.17, 15) is 9.18 Å². The molecule has 0 aliphatic carbocycles. The lowest BCUT2D eigenvalue weighted by Gasteiger charge is -2.37. The third kappa shape index (κ3) is 4.56. The first-order chi connectivity index (χ1) is 13.0. The van der Waals surface area contributed by atoms with Crippen molar-refractivity contribution in [1.29, 1.82) is 0 Å². The number of carbonyl (C=O) groups excluding carboxylic acids is 1. The van der Waals surface area contributed by atoms with Gasteiger partial charge in [-0.2, -0.15) is 5.10 Å². The van der Waals surface area contributed by atoms with Crippen molar-refractivity contribution in [2.75, 3.05) is 20.1 Å². The number of hydrogen-bond acceptors (Lipinski definition) is 3. The summed E-state index contributed by atoms with van der Waals surface area (Å²) in [5, 5.41) is 4.26. The Morgan fingerprint density at radius 2 is 2.19 bits per heavy atom. The molecule has 2 aromatic rings. The highest BCUT2D eigenvalue weighted by atomic mass is 19.1. The average Bonchev–Trinajstić information content (AvgIpc) is 3.07. The van der Waals surface area contributed by atoms with Crippen LogP contribution in [0.1, 0.15) is 49.8 Å². The summed E-state index contributed by atoms with van der Waals surface area (Å²) < 4.78 is 15.6. The lowest BCUT2D eigenvalue weighted by Crippen LogP contribution is -2.47. The molecule has 1 aromatic heterocycles. The van der Waals surface area contributed by atoms with Crippen LogP contribution in [0.5, 0.6) is 0 Å². The van der Waals surface area contributed by atoms with Crippen LogP contribution in [0, 0.1) is 5.82 Å². The molecule has 0 radical (unpaired) electrons. The summed E-state index contributed by atoms with van der Waals surface area (Å²) in [6.07, 6.45) is 8.05. The molecule has 1 aliphatic heterocycles. The second-order valence-corrected chi connectivity index (χ2v) is 7.46. The van der Waals surface area contributed by atoms with Gasteiger partial charge in [-0.3, -0.25) is 14.4 Å². The highest BCUT2D eigenvalue weighted by molar-refractivity contribution is 5.78. The van der Waals surface area contributed by atoms with Gasteiger partial charge in [0, 0.05) is 31.4 Å². The van der Waals surface area contributed by atoms with Crippen molar-refractivity contribution in [3.05, 3.63) is 53.6 Å². The topological polar surface area (TPSA) is 41.4 Å². The fourth-order valence-electron chi connectivity index (χ4n) is 4.11. The summed E-state index contributed by atoms with van der Waals surface area (Å²) in [4.78, 5) is 17.0. The van der Waals surface area contributed by atoms with E-state index in [4.69, 9.17) is 0 Å². The number of aryl methyl sites for hydroxylation is 1. The van der Waals surface area contributed by atoms with Crippen molar-refractivity contribution >= 4 is 5.91 Å². The van der Waals surface area contributed by atoms with Crippen LogP contribution in [0.15, 0.2) is 36.7 Å². The Bertz CT molecular complexity index is 775. The van der Waals surface area contributed by atoms with Gasteiger partial charge in [0.25, 0.3) is 0 Å². The number of aromatic nitrogens is 2. The van der Waals surface area contributed by atoms with E-state index in [1.165, 1.54) is 18.6 Å². The van der Waals surface area contributed by atoms with Gasteiger partial charge in [0.1, 0.15) is 5.82 Å². The summed E-state index contributed by atoms with van der Waals surface area (Å²) in [6, 6.07) is 6.70. The van der Waals surface area contributed by atoms with Crippen LogP contribution in [0.25, 0.3) is 0 Å². The molecule has 2 unspecified atom stereocenters. The number of nitrogens with zero attached hydrogens (tertiary/aromatic N) is 4. The van der Waals surface area contributed by atoms with Crippen LogP contribution in [0.4, 0.5) is 4.39 Å². The smallest absolute Gasteiger partial charge is 0.237 e. The molecule has 2 atom stereocenters. The Morgan fingerprint density at radius 3 is 2.85 bits per heavy atom. The molecule has 1 aliphatic rings. The van der Waals surface area contributed by atoms with Crippen LogP contribution in [-0.2, 0) is 11.8 Å². The van der Waals surface area contributed by atoms with Crippen molar-refractivity contribution in [2.45, 2.75) is 44.7 Å². The summed E-state index contributed by atoms with van der Waals surface area (Å²) in [7, 11) is 3.78. The number of carbonyl (C=O) groups is 1. The fourth-order valence-corrected chi connectivity index (χ4v) is 4.11. The molecule has 146 valence electrons. The second-order valence-electron chi connectivity index (χ2n) is 7.46. The van der Waals surface area contributed by atoms with Crippen molar-refractivity contribution in [3.8, 4) is 0 Å². The molecule has 6 heteroatoms. The molecule has 0 saturated carbocycles.